The van der Waals surface area contributed by atoms with Gasteiger partial charge in [-0.05, 0) is 13.3 Å². The Labute approximate surface area is 47.8 Å². The maximum Gasteiger partial charge on any atom is 0.313 e. The van der Waals surface area contributed by atoms with Crippen molar-refractivity contribution >= 4 is 5.97 Å². The average molecular weight is 112 g/mol. The molecule has 1 fully saturated rings. The molecule has 1 aliphatic carbocycles. The Kier molecular flexibility index (Phi) is 0.756. The van der Waals surface area contributed by atoms with E-state index in [0.29, 0.717) is 6.42 Å². The van der Waals surface area contributed by atoms with Gasteiger partial charge >= 0.3 is 5.97 Å². The highest BCUT2D eigenvalue weighted by Gasteiger charge is 2.49. The first-order valence-electron chi connectivity index (χ1n) is 2.49. The largest absolute Gasteiger partial charge is 0.481 e. The van der Waals surface area contributed by atoms with Crippen LogP contribution < -0.4 is 0 Å². The van der Waals surface area contributed by atoms with Gasteiger partial charge in [0, 0.05) is 0 Å². The van der Waals surface area contributed by atoms with Gasteiger partial charge in [0.15, 0.2) is 0 Å². The van der Waals surface area contributed by atoms with Gasteiger partial charge in [-0.25, -0.2) is 0 Å². The third kappa shape index (κ3) is 0.457. The lowest BCUT2D eigenvalue weighted by Gasteiger charge is -1.94. The molecule has 0 aliphatic heterocycles. The van der Waals surface area contributed by atoms with Crippen LogP contribution in [0.5, 0.6) is 0 Å². The monoisotopic (exact) mass is 112 g/mol. The van der Waals surface area contributed by atoms with E-state index in [9.17, 15) is 4.79 Å². The molecule has 0 saturated heterocycles. The fourth-order valence-corrected chi connectivity index (χ4v) is 0.609. The topological polar surface area (TPSA) is 37.3 Å². The van der Waals surface area contributed by atoms with Gasteiger partial charge in [-0.1, -0.05) is 12.2 Å². The van der Waals surface area contributed by atoms with Crippen molar-refractivity contribution in [3.63, 3.8) is 0 Å². The summed E-state index contributed by atoms with van der Waals surface area (Å²) < 4.78 is 0. The van der Waals surface area contributed by atoms with Crippen LogP contribution in [0.2, 0.25) is 0 Å². The molecule has 2 heteroatoms. The molecule has 44 valence electrons. The normalized spacial score (nSPS) is 34.9. The predicted octanol–water partition coefficient (Wildman–Crippen LogP) is 1.04. The minimum Gasteiger partial charge on any atom is -0.481 e. The number of rotatable bonds is 1. The zero-order chi connectivity index (χ0) is 6.36. The molecule has 1 atom stereocenters. The third-order valence-electron chi connectivity index (χ3n) is 1.69. The van der Waals surface area contributed by atoms with Crippen molar-refractivity contribution in [2.24, 2.45) is 5.41 Å². The van der Waals surface area contributed by atoms with E-state index < -0.39 is 11.4 Å². The molecule has 1 rings (SSSR count). The number of hydrogen-bond acceptors (Lipinski definition) is 1. The smallest absolute Gasteiger partial charge is 0.313 e. The van der Waals surface area contributed by atoms with Gasteiger partial charge < -0.3 is 5.11 Å². The molecular weight excluding hydrogens is 104 g/mol. The van der Waals surface area contributed by atoms with Gasteiger partial charge in [-0.2, -0.15) is 0 Å². The Bertz CT molecular complexity index is 160. The van der Waals surface area contributed by atoms with Crippen molar-refractivity contribution in [3.05, 3.63) is 12.2 Å². The van der Waals surface area contributed by atoms with Crippen molar-refractivity contribution < 1.29 is 9.90 Å². The molecule has 0 amide bonds. The minimum atomic E-state index is -0.748. The minimum absolute atomic E-state index is 0.569. The van der Waals surface area contributed by atoms with Crippen molar-refractivity contribution in [2.75, 3.05) is 0 Å². The van der Waals surface area contributed by atoms with Crippen LogP contribution in [0.25, 0.3) is 0 Å². The van der Waals surface area contributed by atoms with Crippen molar-refractivity contribution in [2.45, 2.75) is 13.3 Å². The number of aliphatic carboxylic acids is 1. The van der Waals surface area contributed by atoms with Gasteiger partial charge in [-0.15, -0.1) is 0 Å². The summed E-state index contributed by atoms with van der Waals surface area (Å²) in [6, 6.07) is 0. The first-order valence-corrected chi connectivity index (χ1v) is 2.49. The Morgan fingerprint density at radius 3 is 2.38 bits per heavy atom. The van der Waals surface area contributed by atoms with Crippen LogP contribution in [0.1, 0.15) is 13.3 Å². The third-order valence-corrected chi connectivity index (χ3v) is 1.69. The number of hydrogen-bond donors (Lipinski definition) is 1. The molecule has 2 nitrogen and oxygen atoms in total. The lowest BCUT2D eigenvalue weighted by molar-refractivity contribution is -0.141. The summed E-state index contributed by atoms with van der Waals surface area (Å²) in [6.07, 6.45) is 0.655. The van der Waals surface area contributed by atoms with E-state index in [4.69, 9.17) is 5.11 Å². The van der Waals surface area contributed by atoms with E-state index in [-0.39, 0.29) is 0 Å². The quantitative estimate of drug-likeness (QED) is 0.514. The first-order chi connectivity index (χ1) is 3.57. The van der Waals surface area contributed by atoms with Gasteiger partial charge in [0.25, 0.3) is 0 Å². The highest BCUT2D eigenvalue weighted by molar-refractivity contribution is 5.83. The predicted molar refractivity (Wildman–Crippen MR) is 29.5 cm³/mol. The summed E-state index contributed by atoms with van der Waals surface area (Å²) >= 11 is 0. The molecule has 1 N–H and O–H groups in total. The van der Waals surface area contributed by atoms with E-state index in [1.54, 1.807) is 6.92 Å². The van der Waals surface area contributed by atoms with Crippen LogP contribution >= 0.6 is 0 Å². The molecule has 0 aromatic rings. The molecule has 0 radical (unpaired) electrons. The van der Waals surface area contributed by atoms with Crippen LogP contribution in [0, 0.1) is 5.41 Å². The van der Waals surface area contributed by atoms with E-state index in [0.717, 1.165) is 5.57 Å². The van der Waals surface area contributed by atoms with Gasteiger partial charge in [0.1, 0.15) is 0 Å². The van der Waals surface area contributed by atoms with Crippen LogP contribution in [0.3, 0.4) is 0 Å². The van der Waals surface area contributed by atoms with Gasteiger partial charge in [-0.3, -0.25) is 4.79 Å². The average Bonchev–Trinajstić information content (AvgIpc) is 2.17. The Hall–Kier alpha value is -0.790. The summed E-state index contributed by atoms with van der Waals surface area (Å²) in [4.78, 5) is 10.2. The highest BCUT2D eigenvalue weighted by Crippen LogP contribution is 2.50. The summed E-state index contributed by atoms with van der Waals surface area (Å²) in [5, 5.41) is 8.42. The second-order valence-corrected chi connectivity index (χ2v) is 2.42. The number of carboxylic acid groups (broad SMARTS) is 1. The standard InChI is InChI=1S/C6H8O2/c1-4-3-6(4,2)5(7)8/h1,3H2,2H3,(H,7,8). The zero-order valence-electron chi connectivity index (χ0n) is 4.77. The van der Waals surface area contributed by atoms with E-state index in [1.807, 2.05) is 0 Å². The SMILES string of the molecule is C=C1CC1(C)C(=O)O. The maximum absolute atomic E-state index is 10.2. The maximum atomic E-state index is 10.2. The molecule has 1 unspecified atom stereocenters. The Morgan fingerprint density at radius 2 is 2.38 bits per heavy atom. The zero-order valence-corrected chi connectivity index (χ0v) is 4.77. The number of carboxylic acids is 1. The fraction of sp³-hybridized carbons (Fsp3) is 0.500. The molecule has 0 bridgehead atoms. The van der Waals surface area contributed by atoms with E-state index >= 15 is 0 Å². The lowest BCUT2D eigenvalue weighted by Crippen LogP contribution is -2.09. The second-order valence-electron chi connectivity index (χ2n) is 2.42. The van der Waals surface area contributed by atoms with Crippen molar-refractivity contribution in [1.82, 2.24) is 0 Å². The molecule has 0 aromatic heterocycles. The van der Waals surface area contributed by atoms with Gasteiger partial charge in [0.05, 0.1) is 5.41 Å². The van der Waals surface area contributed by atoms with Crippen LogP contribution in [0.15, 0.2) is 12.2 Å². The second kappa shape index (κ2) is 1.13. The van der Waals surface area contributed by atoms with Crippen LogP contribution in [-0.2, 0) is 4.79 Å². The molecule has 1 saturated carbocycles. The lowest BCUT2D eigenvalue weighted by atomic mass is 10.1. The summed E-state index contributed by atoms with van der Waals surface area (Å²) in [7, 11) is 0. The summed E-state index contributed by atoms with van der Waals surface area (Å²) in [5.74, 6) is -0.748. The number of carbonyl (C=O) groups is 1. The Balaban J connectivity index is 2.73. The first kappa shape index (κ1) is 5.35. The van der Waals surface area contributed by atoms with Crippen LogP contribution in [-0.4, -0.2) is 11.1 Å². The van der Waals surface area contributed by atoms with Crippen molar-refractivity contribution in [3.8, 4) is 0 Å². The summed E-state index contributed by atoms with van der Waals surface area (Å²) in [5.41, 5.74) is 0.269. The van der Waals surface area contributed by atoms with Crippen molar-refractivity contribution in [1.29, 1.82) is 0 Å². The highest BCUT2D eigenvalue weighted by atomic mass is 16.4. The molecule has 8 heavy (non-hydrogen) atoms. The van der Waals surface area contributed by atoms with E-state index in [2.05, 4.69) is 6.58 Å². The Morgan fingerprint density at radius 1 is 2.00 bits per heavy atom. The molecule has 0 aromatic carbocycles. The fourth-order valence-electron chi connectivity index (χ4n) is 0.609. The molecule has 1 aliphatic rings. The molecule has 0 spiro atoms. The van der Waals surface area contributed by atoms with Crippen LogP contribution in [0.4, 0.5) is 0 Å². The van der Waals surface area contributed by atoms with E-state index in [1.165, 1.54) is 0 Å². The van der Waals surface area contributed by atoms with Gasteiger partial charge in [0.2, 0.25) is 0 Å². The summed E-state index contributed by atoms with van der Waals surface area (Å²) in [6.45, 7) is 5.25. The molecule has 0 heterocycles. The molecular formula is C6H8O2.